The number of hydrogen-bond donors (Lipinski definition) is 0. The Bertz CT molecular complexity index is 116. The zero-order valence-electron chi connectivity index (χ0n) is 4.41. The van der Waals surface area contributed by atoms with E-state index < -0.39 is 0 Å². The Labute approximate surface area is 48.0 Å². The third-order valence-electron chi connectivity index (χ3n) is 1.06. The quantitative estimate of drug-likeness (QED) is 0.369. The maximum atomic E-state index is 9.70. The summed E-state index contributed by atoms with van der Waals surface area (Å²) >= 11 is 0. The van der Waals surface area contributed by atoms with Gasteiger partial charge in [-0.3, -0.25) is 0 Å². The minimum atomic E-state index is -0.236. The number of allylic oxidation sites excluding steroid dienone is 2. The molecule has 43 valence electrons. The highest BCUT2D eigenvalue weighted by Crippen LogP contribution is 2.04. The lowest BCUT2D eigenvalue weighted by atomic mass is 10.1. The molecule has 0 aromatic rings. The fourth-order valence-corrected chi connectivity index (χ4v) is 0.629. The van der Waals surface area contributed by atoms with E-state index in [1.54, 1.807) is 6.08 Å². The van der Waals surface area contributed by atoms with E-state index in [1.807, 2.05) is 18.2 Å². The largest absolute Gasteiger partial charge is 0.196 e. The molecule has 2 nitrogen and oxygen atoms in total. The summed E-state index contributed by atoms with van der Waals surface area (Å²) in [5.74, 6) is 0. The lowest BCUT2D eigenvalue weighted by molar-refractivity contribution is -0.323. The molecule has 0 aromatic carbocycles. The second kappa shape index (κ2) is 2.64. The van der Waals surface area contributed by atoms with Crippen LogP contribution in [0.15, 0.2) is 24.3 Å². The fourth-order valence-electron chi connectivity index (χ4n) is 0.629. The monoisotopic (exact) mass is 111 g/mol. The van der Waals surface area contributed by atoms with Crippen LogP contribution in [-0.4, -0.2) is 6.10 Å². The summed E-state index contributed by atoms with van der Waals surface area (Å²) < 4.78 is 0. The Morgan fingerprint density at radius 1 is 1.50 bits per heavy atom. The molecule has 1 rings (SSSR count). The highest BCUT2D eigenvalue weighted by atomic mass is 17.1. The lowest BCUT2D eigenvalue weighted by Gasteiger charge is -2.04. The topological polar surface area (TPSA) is 29.1 Å². The third-order valence-corrected chi connectivity index (χ3v) is 1.06. The Hall–Kier alpha value is -0.600. The van der Waals surface area contributed by atoms with Crippen LogP contribution in [0, 0.1) is 0 Å². The molecule has 2 heteroatoms. The molecular weight excluding hydrogens is 104 g/mol. The standard InChI is InChI=1S/C6H7O2/c7-8-6-4-2-1-3-5-6/h1-4,6H,5H2. The van der Waals surface area contributed by atoms with Crippen molar-refractivity contribution in [1.82, 2.24) is 0 Å². The van der Waals surface area contributed by atoms with E-state index >= 15 is 0 Å². The van der Waals surface area contributed by atoms with Gasteiger partial charge in [0, 0.05) is 0 Å². The first kappa shape index (κ1) is 5.54. The molecule has 0 amide bonds. The molecule has 0 spiro atoms. The molecular formula is C6H7O2. The van der Waals surface area contributed by atoms with Crippen LogP contribution in [-0.2, 0) is 10.1 Å². The summed E-state index contributed by atoms with van der Waals surface area (Å²) in [5, 5.41) is 9.70. The van der Waals surface area contributed by atoms with Gasteiger partial charge < -0.3 is 0 Å². The third kappa shape index (κ3) is 1.18. The van der Waals surface area contributed by atoms with Crippen molar-refractivity contribution in [2.75, 3.05) is 0 Å². The first-order chi connectivity index (χ1) is 3.93. The van der Waals surface area contributed by atoms with Gasteiger partial charge in [-0.05, 0) is 11.7 Å². The van der Waals surface area contributed by atoms with Gasteiger partial charge in [-0.25, -0.2) is 0 Å². The maximum Gasteiger partial charge on any atom is 0.118 e. The highest BCUT2D eigenvalue weighted by Gasteiger charge is 2.02. The van der Waals surface area contributed by atoms with Crippen molar-refractivity contribution in [3.63, 3.8) is 0 Å². The van der Waals surface area contributed by atoms with Gasteiger partial charge in [-0.15, -0.1) is 0 Å². The molecule has 0 heterocycles. The second-order valence-corrected chi connectivity index (χ2v) is 1.68. The Morgan fingerprint density at radius 2 is 2.38 bits per heavy atom. The van der Waals surface area contributed by atoms with Gasteiger partial charge >= 0.3 is 0 Å². The smallest absolute Gasteiger partial charge is 0.118 e. The minimum Gasteiger partial charge on any atom is -0.196 e. The van der Waals surface area contributed by atoms with Crippen molar-refractivity contribution in [3.8, 4) is 0 Å². The minimum absolute atomic E-state index is 0.236. The predicted octanol–water partition coefficient (Wildman–Crippen LogP) is 1.23. The lowest BCUT2D eigenvalue weighted by Crippen LogP contribution is -2.05. The van der Waals surface area contributed by atoms with Crippen molar-refractivity contribution in [2.45, 2.75) is 12.5 Å². The summed E-state index contributed by atoms with van der Waals surface area (Å²) in [7, 11) is 0. The van der Waals surface area contributed by atoms with Crippen LogP contribution < -0.4 is 0 Å². The summed E-state index contributed by atoms with van der Waals surface area (Å²) in [6.07, 6.45) is 7.83. The van der Waals surface area contributed by atoms with Crippen molar-refractivity contribution >= 4 is 0 Å². The van der Waals surface area contributed by atoms with Crippen LogP contribution in [0.25, 0.3) is 0 Å². The zero-order chi connectivity index (χ0) is 5.82. The van der Waals surface area contributed by atoms with Gasteiger partial charge in [0.05, 0.1) is 0 Å². The van der Waals surface area contributed by atoms with E-state index in [4.69, 9.17) is 0 Å². The number of rotatable bonds is 1. The molecule has 0 fully saturated rings. The van der Waals surface area contributed by atoms with Gasteiger partial charge in [-0.2, -0.15) is 4.89 Å². The van der Waals surface area contributed by atoms with Crippen molar-refractivity contribution in [3.05, 3.63) is 24.3 Å². The summed E-state index contributed by atoms with van der Waals surface area (Å²) in [6, 6.07) is 0. The molecule has 0 bridgehead atoms. The van der Waals surface area contributed by atoms with Crippen LogP contribution in [0.1, 0.15) is 6.42 Å². The normalized spacial score (nSPS) is 26.4. The van der Waals surface area contributed by atoms with Crippen molar-refractivity contribution in [2.24, 2.45) is 0 Å². The SMILES string of the molecule is [O]OC1C=CC=CC1. The summed E-state index contributed by atoms with van der Waals surface area (Å²) in [5.41, 5.74) is 0. The molecule has 8 heavy (non-hydrogen) atoms. The average molecular weight is 111 g/mol. The molecule has 1 atom stereocenters. The highest BCUT2D eigenvalue weighted by molar-refractivity contribution is 5.11. The predicted molar refractivity (Wildman–Crippen MR) is 28.5 cm³/mol. The van der Waals surface area contributed by atoms with Gasteiger partial charge in [0.15, 0.2) is 0 Å². The average Bonchev–Trinajstić information content (AvgIpc) is 1.90. The molecule has 0 N–H and O–H groups in total. The van der Waals surface area contributed by atoms with E-state index in [0.29, 0.717) is 6.42 Å². The van der Waals surface area contributed by atoms with Crippen LogP contribution in [0.4, 0.5) is 0 Å². The van der Waals surface area contributed by atoms with E-state index in [9.17, 15) is 5.26 Å². The summed E-state index contributed by atoms with van der Waals surface area (Å²) in [6.45, 7) is 0. The van der Waals surface area contributed by atoms with Crippen molar-refractivity contribution < 1.29 is 10.1 Å². The van der Waals surface area contributed by atoms with Gasteiger partial charge in [0.25, 0.3) is 0 Å². The van der Waals surface area contributed by atoms with Crippen LogP contribution in [0.3, 0.4) is 0 Å². The Morgan fingerprint density at radius 3 is 2.75 bits per heavy atom. The molecule has 1 unspecified atom stereocenters. The van der Waals surface area contributed by atoms with Crippen molar-refractivity contribution in [1.29, 1.82) is 0 Å². The molecule has 0 aliphatic heterocycles. The zero-order valence-corrected chi connectivity index (χ0v) is 4.41. The first-order valence-electron chi connectivity index (χ1n) is 2.55. The van der Waals surface area contributed by atoms with E-state index in [1.165, 1.54) is 0 Å². The maximum absolute atomic E-state index is 9.70. The number of hydrogen-bond acceptors (Lipinski definition) is 1. The first-order valence-corrected chi connectivity index (χ1v) is 2.55. The molecule has 1 radical (unpaired) electrons. The van der Waals surface area contributed by atoms with Crippen LogP contribution >= 0.6 is 0 Å². The second-order valence-electron chi connectivity index (χ2n) is 1.68. The molecule has 0 saturated heterocycles. The van der Waals surface area contributed by atoms with Gasteiger partial charge in [-0.1, -0.05) is 24.3 Å². The fraction of sp³-hybridized carbons (Fsp3) is 0.333. The molecule has 0 saturated carbocycles. The van der Waals surface area contributed by atoms with Gasteiger partial charge in [0.1, 0.15) is 6.10 Å². The van der Waals surface area contributed by atoms with Crippen LogP contribution in [0.5, 0.6) is 0 Å². The van der Waals surface area contributed by atoms with E-state index in [0.717, 1.165) is 0 Å². The summed E-state index contributed by atoms with van der Waals surface area (Å²) in [4.78, 5) is 3.80. The molecule has 0 aromatic heterocycles. The van der Waals surface area contributed by atoms with Crippen LogP contribution in [0.2, 0.25) is 0 Å². The van der Waals surface area contributed by atoms with E-state index in [-0.39, 0.29) is 6.10 Å². The Kier molecular flexibility index (Phi) is 1.83. The van der Waals surface area contributed by atoms with E-state index in [2.05, 4.69) is 4.89 Å². The Balaban J connectivity index is 2.40. The molecule has 1 aliphatic rings. The molecule has 1 aliphatic carbocycles. The van der Waals surface area contributed by atoms with Gasteiger partial charge in [0.2, 0.25) is 0 Å².